The molecule has 0 bridgehead atoms. The highest BCUT2D eigenvalue weighted by atomic mass is 79.9. The fourth-order valence-electron chi connectivity index (χ4n) is 2.33. The first kappa shape index (κ1) is 16.6. The number of carbonyl (C=O) groups excluding carboxylic acids is 2. The second kappa shape index (κ2) is 6.70. The normalized spacial score (nSPS) is 10.8. The molecule has 0 fully saturated rings. The summed E-state index contributed by atoms with van der Waals surface area (Å²) in [5.74, 6) is -0.430. The maximum atomic E-state index is 12.4. The Bertz CT molecular complexity index is 988. The van der Waals surface area contributed by atoms with E-state index in [1.165, 1.54) is 22.0 Å². The number of aldehydes is 1. The van der Waals surface area contributed by atoms with Crippen molar-refractivity contribution in [2.45, 2.75) is 6.92 Å². The number of nitrogens with zero attached hydrogens (tertiary/aromatic N) is 1. The first-order valence-corrected chi connectivity index (χ1v) is 8.74. The van der Waals surface area contributed by atoms with Gasteiger partial charge in [0.25, 0.3) is 5.56 Å². The van der Waals surface area contributed by atoms with Gasteiger partial charge in [0.2, 0.25) is 0 Å². The van der Waals surface area contributed by atoms with E-state index in [0.29, 0.717) is 25.4 Å². The van der Waals surface area contributed by atoms with Gasteiger partial charge in [-0.05, 0) is 53.2 Å². The summed E-state index contributed by atoms with van der Waals surface area (Å²) >= 11 is 4.61. The van der Waals surface area contributed by atoms with Crippen LogP contribution in [0.2, 0.25) is 0 Å². The maximum absolute atomic E-state index is 12.4. The highest BCUT2D eigenvalue weighted by Gasteiger charge is 2.20. The highest BCUT2D eigenvalue weighted by Crippen LogP contribution is 2.36. The predicted octanol–water partition coefficient (Wildman–Crippen LogP) is 3.80. The predicted molar refractivity (Wildman–Crippen MR) is 96.5 cm³/mol. The van der Waals surface area contributed by atoms with Crippen LogP contribution in [0.25, 0.3) is 15.9 Å². The molecule has 1 aromatic carbocycles. The number of ether oxygens (including phenoxy) is 1. The van der Waals surface area contributed by atoms with Crippen molar-refractivity contribution in [3.8, 4) is 5.69 Å². The Morgan fingerprint density at radius 1 is 1.25 bits per heavy atom. The molecule has 0 unspecified atom stereocenters. The van der Waals surface area contributed by atoms with E-state index in [-0.39, 0.29) is 12.2 Å². The van der Waals surface area contributed by atoms with Crippen LogP contribution in [-0.2, 0) is 4.74 Å². The maximum Gasteiger partial charge on any atom is 0.349 e. The number of halogens is 1. The van der Waals surface area contributed by atoms with Gasteiger partial charge < -0.3 is 4.74 Å². The molecule has 0 N–H and O–H groups in total. The molecular weight excluding hydrogens is 394 g/mol. The van der Waals surface area contributed by atoms with Crippen molar-refractivity contribution in [2.24, 2.45) is 0 Å². The smallest absolute Gasteiger partial charge is 0.349 e. The van der Waals surface area contributed by atoms with Crippen LogP contribution >= 0.6 is 27.3 Å². The number of carbonyl (C=O) groups is 2. The molecule has 122 valence electrons. The van der Waals surface area contributed by atoms with Crippen molar-refractivity contribution in [2.75, 3.05) is 6.61 Å². The summed E-state index contributed by atoms with van der Waals surface area (Å²) in [7, 11) is 0. The van der Waals surface area contributed by atoms with E-state index in [0.717, 1.165) is 11.7 Å². The molecule has 24 heavy (non-hydrogen) atoms. The molecule has 0 aliphatic carbocycles. The van der Waals surface area contributed by atoms with E-state index < -0.39 is 5.97 Å². The number of thiophene rings is 1. The van der Waals surface area contributed by atoms with Crippen LogP contribution in [0.3, 0.4) is 0 Å². The molecule has 0 aliphatic rings. The molecule has 0 saturated carbocycles. The Hall–Kier alpha value is -2.25. The van der Waals surface area contributed by atoms with E-state index in [2.05, 4.69) is 15.9 Å². The number of benzene rings is 1. The summed E-state index contributed by atoms with van der Waals surface area (Å²) in [6.45, 7) is 2.02. The summed E-state index contributed by atoms with van der Waals surface area (Å²) in [6.07, 6.45) is 0.744. The zero-order valence-electron chi connectivity index (χ0n) is 12.6. The van der Waals surface area contributed by atoms with Gasteiger partial charge in [-0.1, -0.05) is 0 Å². The Morgan fingerprint density at radius 2 is 1.96 bits per heavy atom. The number of aromatic nitrogens is 1. The quantitative estimate of drug-likeness (QED) is 0.488. The number of rotatable bonds is 4. The minimum Gasteiger partial charge on any atom is -0.462 e. The van der Waals surface area contributed by atoms with Gasteiger partial charge in [0.15, 0.2) is 0 Å². The summed E-state index contributed by atoms with van der Waals surface area (Å²) < 4.78 is 7.19. The zero-order valence-corrected chi connectivity index (χ0v) is 15.0. The standard InChI is InChI=1S/C17H12BrNO4S/c1-2-23-17(22)15-14(18)12-7-8-13(21)19(16(12)24-15)11-5-3-10(9-20)4-6-11/h3-9H,2H2,1H3. The fourth-order valence-corrected chi connectivity index (χ4v) is 4.28. The lowest BCUT2D eigenvalue weighted by atomic mass is 10.2. The molecule has 7 heteroatoms. The van der Waals surface area contributed by atoms with E-state index in [4.69, 9.17) is 4.74 Å². The van der Waals surface area contributed by atoms with Gasteiger partial charge >= 0.3 is 5.97 Å². The molecule has 0 spiro atoms. The van der Waals surface area contributed by atoms with Crippen LogP contribution in [-0.4, -0.2) is 23.4 Å². The van der Waals surface area contributed by atoms with Crippen LogP contribution in [0.15, 0.2) is 45.7 Å². The minimum absolute atomic E-state index is 0.217. The molecule has 3 rings (SSSR count). The van der Waals surface area contributed by atoms with Crippen molar-refractivity contribution in [3.63, 3.8) is 0 Å². The lowest BCUT2D eigenvalue weighted by Crippen LogP contribution is -2.16. The topological polar surface area (TPSA) is 65.4 Å². The molecule has 0 amide bonds. The largest absolute Gasteiger partial charge is 0.462 e. The lowest BCUT2D eigenvalue weighted by Gasteiger charge is -2.07. The summed E-state index contributed by atoms with van der Waals surface area (Å²) in [6, 6.07) is 9.80. The number of pyridine rings is 1. The van der Waals surface area contributed by atoms with Crippen molar-refractivity contribution in [1.82, 2.24) is 4.57 Å². The lowest BCUT2D eigenvalue weighted by molar-refractivity contribution is 0.0531. The monoisotopic (exact) mass is 405 g/mol. The SMILES string of the molecule is CCOC(=O)c1sc2c(ccc(=O)n2-c2ccc(C=O)cc2)c1Br. The van der Waals surface area contributed by atoms with Gasteiger partial charge in [0.05, 0.1) is 16.8 Å². The average molecular weight is 406 g/mol. The number of hydrogen-bond acceptors (Lipinski definition) is 5. The Morgan fingerprint density at radius 3 is 2.58 bits per heavy atom. The highest BCUT2D eigenvalue weighted by molar-refractivity contribution is 9.10. The summed E-state index contributed by atoms with van der Waals surface area (Å²) in [5, 5.41) is 0.752. The van der Waals surface area contributed by atoms with E-state index in [1.807, 2.05) is 0 Å². The molecule has 5 nitrogen and oxygen atoms in total. The Labute approximate surface area is 149 Å². The van der Waals surface area contributed by atoms with E-state index >= 15 is 0 Å². The van der Waals surface area contributed by atoms with Gasteiger partial charge in [0, 0.05) is 17.0 Å². The van der Waals surface area contributed by atoms with Gasteiger partial charge in [-0.25, -0.2) is 4.79 Å². The van der Waals surface area contributed by atoms with Gasteiger partial charge in [0.1, 0.15) is 16.0 Å². The zero-order chi connectivity index (χ0) is 17.3. The molecular formula is C17H12BrNO4S. The minimum atomic E-state index is -0.430. The van der Waals surface area contributed by atoms with Crippen molar-refractivity contribution in [3.05, 3.63) is 61.7 Å². The molecule has 3 aromatic rings. The van der Waals surface area contributed by atoms with Crippen LogP contribution in [0.1, 0.15) is 27.0 Å². The van der Waals surface area contributed by atoms with Gasteiger partial charge in [-0.3, -0.25) is 14.2 Å². The van der Waals surface area contributed by atoms with Crippen LogP contribution in [0, 0.1) is 0 Å². The first-order chi connectivity index (χ1) is 11.6. The average Bonchev–Trinajstić information content (AvgIpc) is 2.92. The Kier molecular flexibility index (Phi) is 4.64. The Balaban J connectivity index is 2.25. The number of fused-ring (bicyclic) bond motifs is 1. The van der Waals surface area contributed by atoms with E-state index in [1.54, 1.807) is 37.3 Å². The molecule has 0 radical (unpaired) electrons. The van der Waals surface area contributed by atoms with Gasteiger partial charge in [-0.15, -0.1) is 11.3 Å². The third-order valence-electron chi connectivity index (χ3n) is 3.43. The second-order valence-corrected chi connectivity index (χ2v) is 6.69. The molecule has 0 saturated heterocycles. The van der Waals surface area contributed by atoms with Crippen molar-refractivity contribution >= 4 is 49.7 Å². The number of hydrogen-bond donors (Lipinski definition) is 0. The number of esters is 1. The van der Waals surface area contributed by atoms with Crippen molar-refractivity contribution < 1.29 is 14.3 Å². The van der Waals surface area contributed by atoms with Crippen molar-refractivity contribution in [1.29, 1.82) is 0 Å². The molecule has 0 aliphatic heterocycles. The third kappa shape index (κ3) is 2.81. The third-order valence-corrected chi connectivity index (χ3v) is 5.69. The van der Waals surface area contributed by atoms with E-state index in [9.17, 15) is 14.4 Å². The van der Waals surface area contributed by atoms with Crippen LogP contribution < -0.4 is 5.56 Å². The first-order valence-electron chi connectivity index (χ1n) is 7.13. The van der Waals surface area contributed by atoms with Crippen LogP contribution in [0.4, 0.5) is 0 Å². The second-order valence-electron chi connectivity index (χ2n) is 4.90. The summed E-state index contributed by atoms with van der Waals surface area (Å²) in [5.41, 5.74) is 0.935. The summed E-state index contributed by atoms with van der Waals surface area (Å²) in [4.78, 5) is 36.3. The molecule has 2 heterocycles. The van der Waals surface area contributed by atoms with Gasteiger partial charge in [-0.2, -0.15) is 0 Å². The fraction of sp³-hybridized carbons (Fsp3) is 0.118. The molecule has 0 atom stereocenters. The van der Waals surface area contributed by atoms with Crippen LogP contribution in [0.5, 0.6) is 0 Å². The molecule has 2 aromatic heterocycles.